The molecule has 144 valence electrons. The van der Waals surface area contributed by atoms with E-state index in [1.54, 1.807) is 18.0 Å². The second-order valence-electron chi connectivity index (χ2n) is 6.65. The molecule has 1 heterocycles. The summed E-state index contributed by atoms with van der Waals surface area (Å²) in [5.74, 6) is 1.44. The van der Waals surface area contributed by atoms with Gasteiger partial charge in [0.05, 0.1) is 6.54 Å². The average molecular weight is 370 g/mol. The van der Waals surface area contributed by atoms with Crippen molar-refractivity contribution in [3.8, 4) is 0 Å². The zero-order valence-corrected chi connectivity index (χ0v) is 15.5. The number of aromatic nitrogens is 1. The Morgan fingerprint density at radius 3 is 2.19 bits per heavy atom. The monoisotopic (exact) mass is 370 g/mol. The van der Waals surface area contributed by atoms with Gasteiger partial charge < -0.3 is 10.2 Å². The molecule has 1 saturated carbocycles. The number of carbonyl (C=O) groups excluding carboxylic acids is 1. The number of carboxylic acid groups (broad SMARTS) is 2. The van der Waals surface area contributed by atoms with Crippen molar-refractivity contribution >= 4 is 17.9 Å². The molecule has 0 unspecified atom stereocenters. The fourth-order valence-corrected chi connectivity index (χ4v) is 3.38. The molecule has 0 bridgehead atoms. The predicted molar refractivity (Wildman–Crippen MR) is 104 cm³/mol. The zero-order valence-electron chi connectivity index (χ0n) is 15.5. The van der Waals surface area contributed by atoms with E-state index in [0.29, 0.717) is 12.4 Å². The Morgan fingerprint density at radius 1 is 1.04 bits per heavy atom. The first-order chi connectivity index (χ1) is 13.0. The van der Waals surface area contributed by atoms with E-state index < -0.39 is 6.16 Å². The smallest absolute Gasteiger partial charge is 0.450 e. The van der Waals surface area contributed by atoms with Crippen LogP contribution in [-0.2, 0) is 11.3 Å². The molecule has 1 aromatic heterocycles. The zero-order chi connectivity index (χ0) is 19.6. The number of amides is 1. The summed E-state index contributed by atoms with van der Waals surface area (Å²) in [6, 6.07) is 14.4. The number of hydrogen-bond acceptors (Lipinski definition) is 3. The SMILES string of the molecule is CC(=O)N(Cc1ccc(C2CCCCC2)cc1)c1ccccn1.O=C(O)O. The molecule has 0 radical (unpaired) electrons. The largest absolute Gasteiger partial charge is 0.503 e. The van der Waals surface area contributed by atoms with Crippen LogP contribution in [0.5, 0.6) is 0 Å². The Bertz CT molecular complexity index is 722. The van der Waals surface area contributed by atoms with Gasteiger partial charge >= 0.3 is 6.16 Å². The van der Waals surface area contributed by atoms with Gasteiger partial charge in [-0.3, -0.25) is 9.69 Å². The number of nitrogens with zero attached hydrogens (tertiary/aromatic N) is 2. The molecule has 3 rings (SSSR count). The second-order valence-corrected chi connectivity index (χ2v) is 6.65. The third-order valence-corrected chi connectivity index (χ3v) is 4.70. The number of carbonyl (C=O) groups is 2. The molecule has 1 amide bonds. The molecule has 1 aromatic carbocycles. The van der Waals surface area contributed by atoms with Crippen LogP contribution in [0.3, 0.4) is 0 Å². The van der Waals surface area contributed by atoms with Crippen LogP contribution >= 0.6 is 0 Å². The van der Waals surface area contributed by atoms with Gasteiger partial charge in [0.1, 0.15) is 5.82 Å². The average Bonchev–Trinajstić information content (AvgIpc) is 2.67. The minimum absolute atomic E-state index is 0.0139. The normalized spacial score (nSPS) is 14.0. The van der Waals surface area contributed by atoms with Crippen molar-refractivity contribution in [2.45, 2.75) is 51.5 Å². The highest BCUT2D eigenvalue weighted by Gasteiger charge is 2.16. The second kappa shape index (κ2) is 10.3. The summed E-state index contributed by atoms with van der Waals surface area (Å²) in [6.45, 7) is 2.16. The lowest BCUT2D eigenvalue weighted by Gasteiger charge is -2.23. The van der Waals surface area contributed by atoms with E-state index in [0.717, 1.165) is 11.5 Å². The molecular formula is C21H26N2O4. The van der Waals surface area contributed by atoms with Crippen molar-refractivity contribution in [2.24, 2.45) is 0 Å². The van der Waals surface area contributed by atoms with E-state index in [2.05, 4.69) is 29.2 Å². The first kappa shape index (κ1) is 20.4. The molecule has 0 aliphatic heterocycles. The molecule has 0 spiro atoms. The lowest BCUT2D eigenvalue weighted by molar-refractivity contribution is -0.116. The topological polar surface area (TPSA) is 90.7 Å². The van der Waals surface area contributed by atoms with Crippen LogP contribution in [0.2, 0.25) is 0 Å². The molecule has 1 fully saturated rings. The molecule has 0 atom stereocenters. The fraction of sp³-hybridized carbons (Fsp3) is 0.381. The van der Waals surface area contributed by atoms with Crippen molar-refractivity contribution < 1.29 is 19.8 Å². The standard InChI is InChI=1S/C20H24N2O.CH2O3/c1-16(23)22(20-9-5-6-14-21-20)15-17-10-12-19(13-11-17)18-7-3-2-4-8-18;2-1(3)4/h5-6,9-14,18H,2-4,7-8,15H2,1H3;(H2,2,3,4). The van der Waals surface area contributed by atoms with E-state index in [4.69, 9.17) is 15.0 Å². The van der Waals surface area contributed by atoms with Crippen LogP contribution < -0.4 is 4.90 Å². The summed E-state index contributed by atoms with van der Waals surface area (Å²) < 4.78 is 0. The van der Waals surface area contributed by atoms with Crippen molar-refractivity contribution in [3.63, 3.8) is 0 Å². The minimum Gasteiger partial charge on any atom is -0.450 e. The summed E-state index contributed by atoms with van der Waals surface area (Å²) in [7, 11) is 0. The first-order valence-corrected chi connectivity index (χ1v) is 9.17. The lowest BCUT2D eigenvalue weighted by atomic mass is 9.84. The number of hydrogen-bond donors (Lipinski definition) is 2. The van der Waals surface area contributed by atoms with Crippen LogP contribution in [-0.4, -0.2) is 27.3 Å². The Balaban J connectivity index is 0.000000596. The molecule has 2 N–H and O–H groups in total. The van der Waals surface area contributed by atoms with Crippen molar-refractivity contribution in [1.82, 2.24) is 4.98 Å². The summed E-state index contributed by atoms with van der Waals surface area (Å²) >= 11 is 0. The van der Waals surface area contributed by atoms with Crippen LogP contribution in [0.25, 0.3) is 0 Å². The fourth-order valence-electron chi connectivity index (χ4n) is 3.38. The summed E-state index contributed by atoms with van der Waals surface area (Å²) in [6.07, 6.45) is 6.60. The Kier molecular flexibility index (Phi) is 7.79. The first-order valence-electron chi connectivity index (χ1n) is 9.17. The van der Waals surface area contributed by atoms with E-state index in [9.17, 15) is 4.79 Å². The number of pyridine rings is 1. The van der Waals surface area contributed by atoms with Crippen LogP contribution in [0.4, 0.5) is 10.6 Å². The van der Waals surface area contributed by atoms with Crippen LogP contribution in [0, 0.1) is 0 Å². The van der Waals surface area contributed by atoms with Crippen molar-refractivity contribution in [2.75, 3.05) is 4.90 Å². The van der Waals surface area contributed by atoms with Crippen LogP contribution in [0.15, 0.2) is 48.7 Å². The van der Waals surface area contributed by atoms with E-state index in [1.807, 2.05) is 18.2 Å². The van der Waals surface area contributed by atoms with E-state index >= 15 is 0 Å². The molecule has 6 heteroatoms. The van der Waals surface area contributed by atoms with Gasteiger partial charge in [-0.2, -0.15) is 0 Å². The maximum atomic E-state index is 11.9. The third-order valence-electron chi connectivity index (χ3n) is 4.70. The van der Waals surface area contributed by atoms with E-state index in [1.165, 1.54) is 37.7 Å². The van der Waals surface area contributed by atoms with Gasteiger partial charge in [-0.1, -0.05) is 49.6 Å². The Hall–Kier alpha value is -2.89. The predicted octanol–water partition coefficient (Wildman–Crippen LogP) is 4.90. The Labute approximate surface area is 159 Å². The molecule has 2 aromatic rings. The maximum absolute atomic E-state index is 11.9. The number of rotatable bonds is 4. The molecule has 6 nitrogen and oxygen atoms in total. The summed E-state index contributed by atoms with van der Waals surface area (Å²) in [5.41, 5.74) is 2.59. The molecule has 27 heavy (non-hydrogen) atoms. The van der Waals surface area contributed by atoms with Gasteiger partial charge in [-0.15, -0.1) is 0 Å². The van der Waals surface area contributed by atoms with Gasteiger partial charge in [-0.25, -0.2) is 9.78 Å². The van der Waals surface area contributed by atoms with Gasteiger partial charge in [0.15, 0.2) is 0 Å². The van der Waals surface area contributed by atoms with Crippen molar-refractivity contribution in [3.05, 3.63) is 59.8 Å². The molecule has 0 saturated heterocycles. The molecular weight excluding hydrogens is 344 g/mol. The third kappa shape index (κ3) is 6.73. The number of benzene rings is 1. The van der Waals surface area contributed by atoms with E-state index in [-0.39, 0.29) is 5.91 Å². The highest BCUT2D eigenvalue weighted by molar-refractivity contribution is 5.90. The molecule has 1 aliphatic carbocycles. The lowest BCUT2D eigenvalue weighted by Crippen LogP contribution is -2.28. The quantitative estimate of drug-likeness (QED) is 0.798. The van der Waals surface area contributed by atoms with Gasteiger partial charge in [-0.05, 0) is 42.0 Å². The van der Waals surface area contributed by atoms with Gasteiger partial charge in [0.2, 0.25) is 5.91 Å². The minimum atomic E-state index is -1.83. The highest BCUT2D eigenvalue weighted by Crippen LogP contribution is 2.32. The number of anilines is 1. The molecule has 1 aliphatic rings. The Morgan fingerprint density at radius 2 is 1.67 bits per heavy atom. The van der Waals surface area contributed by atoms with Gasteiger partial charge in [0, 0.05) is 13.1 Å². The van der Waals surface area contributed by atoms with Crippen LogP contribution in [0.1, 0.15) is 56.1 Å². The van der Waals surface area contributed by atoms with Crippen molar-refractivity contribution in [1.29, 1.82) is 0 Å². The van der Waals surface area contributed by atoms with Gasteiger partial charge in [0.25, 0.3) is 0 Å². The highest BCUT2D eigenvalue weighted by atomic mass is 16.6. The maximum Gasteiger partial charge on any atom is 0.503 e. The summed E-state index contributed by atoms with van der Waals surface area (Å²) in [5, 5.41) is 13.9. The summed E-state index contributed by atoms with van der Waals surface area (Å²) in [4.78, 5) is 26.5.